The number of oxazole rings is 1. The van der Waals surface area contributed by atoms with E-state index >= 15 is 0 Å². The molecule has 2 aromatic heterocycles. The van der Waals surface area contributed by atoms with Crippen molar-refractivity contribution in [3.05, 3.63) is 133 Å². The second-order valence-corrected chi connectivity index (χ2v) is 11.8. The number of fused-ring (bicyclic) bond motifs is 8. The minimum absolute atomic E-state index is 0.00443. The van der Waals surface area contributed by atoms with Crippen molar-refractivity contribution in [1.29, 1.82) is 0 Å². The van der Waals surface area contributed by atoms with Crippen LogP contribution in [0.15, 0.2) is 132 Å². The van der Waals surface area contributed by atoms with Crippen LogP contribution >= 0.6 is 0 Å². The molecule has 45 heavy (non-hydrogen) atoms. The number of aryl methyl sites for hydroxylation is 1. The summed E-state index contributed by atoms with van der Waals surface area (Å²) in [5, 5.41) is 2.51. The predicted molar refractivity (Wildman–Crippen MR) is 184 cm³/mol. The zero-order chi connectivity index (χ0) is 29.6. The third-order valence-electron chi connectivity index (χ3n) is 9.39. The molecule has 0 radical (unpaired) electrons. The van der Waals surface area contributed by atoms with Crippen molar-refractivity contribution in [2.75, 3.05) is 4.90 Å². The Morgan fingerprint density at radius 2 is 1.44 bits per heavy atom. The van der Waals surface area contributed by atoms with E-state index in [1.807, 2.05) is 12.1 Å². The number of anilines is 3. The summed E-state index contributed by atoms with van der Waals surface area (Å²) in [6.45, 7) is 2.07. The quantitative estimate of drug-likeness (QED) is 0.200. The van der Waals surface area contributed by atoms with Gasteiger partial charge >= 0.3 is 0 Å². The number of aromatic nitrogens is 2. The summed E-state index contributed by atoms with van der Waals surface area (Å²) in [4.78, 5) is 7.12. The largest absolute Gasteiger partial charge is 0.458 e. The molecule has 5 nitrogen and oxygen atoms in total. The van der Waals surface area contributed by atoms with Crippen molar-refractivity contribution in [3.8, 4) is 17.2 Å². The third-order valence-corrected chi connectivity index (χ3v) is 9.39. The van der Waals surface area contributed by atoms with Crippen LogP contribution in [-0.2, 0) is 6.42 Å². The molecule has 0 unspecified atom stereocenters. The summed E-state index contributed by atoms with van der Waals surface area (Å²) < 4.78 is 15.0. The maximum Gasteiger partial charge on any atom is 0.251 e. The SMILES string of the molecule is CCc1nc2cc(B3c4ccccc4Oc4cc(N5c6ccccc6-n6c7ccccc7c7cccc5c76)ccc43)ccc2o1. The average molecular weight is 579 g/mol. The molecule has 6 heteroatoms. The predicted octanol–water partition coefficient (Wildman–Crippen LogP) is 7.89. The van der Waals surface area contributed by atoms with Crippen LogP contribution < -0.4 is 26.0 Å². The molecule has 0 spiro atoms. The Morgan fingerprint density at radius 1 is 0.667 bits per heavy atom. The highest BCUT2D eigenvalue weighted by Gasteiger charge is 2.34. The lowest BCUT2D eigenvalue weighted by Gasteiger charge is -2.34. The summed E-state index contributed by atoms with van der Waals surface area (Å²) in [6, 6.07) is 45.4. The van der Waals surface area contributed by atoms with Crippen LogP contribution in [0.3, 0.4) is 0 Å². The van der Waals surface area contributed by atoms with Gasteiger partial charge in [0.2, 0.25) is 0 Å². The molecular formula is C39H26BN3O2. The van der Waals surface area contributed by atoms with Crippen LogP contribution in [0.25, 0.3) is 38.6 Å². The average Bonchev–Trinajstić information content (AvgIpc) is 3.67. The molecule has 0 saturated carbocycles. The summed E-state index contributed by atoms with van der Waals surface area (Å²) in [5.74, 6) is 2.50. The van der Waals surface area contributed by atoms with Crippen LogP contribution in [0.2, 0.25) is 0 Å². The summed E-state index contributed by atoms with van der Waals surface area (Å²) in [7, 11) is 0. The Morgan fingerprint density at radius 3 is 2.38 bits per heavy atom. The maximum absolute atomic E-state index is 6.68. The van der Waals surface area contributed by atoms with Gasteiger partial charge in [0.25, 0.3) is 6.71 Å². The van der Waals surface area contributed by atoms with Gasteiger partial charge in [0.15, 0.2) is 11.5 Å². The number of hydrogen-bond acceptors (Lipinski definition) is 4. The first kappa shape index (κ1) is 24.7. The van der Waals surface area contributed by atoms with E-state index in [0.717, 1.165) is 68.6 Å². The van der Waals surface area contributed by atoms with Crippen LogP contribution in [0.4, 0.5) is 17.1 Å². The van der Waals surface area contributed by atoms with Gasteiger partial charge in [-0.3, -0.25) is 0 Å². The number of benzene rings is 6. The van der Waals surface area contributed by atoms with E-state index in [4.69, 9.17) is 14.1 Å². The van der Waals surface area contributed by atoms with Crippen molar-refractivity contribution < 1.29 is 9.15 Å². The first-order valence-electron chi connectivity index (χ1n) is 15.5. The van der Waals surface area contributed by atoms with E-state index in [-0.39, 0.29) is 6.71 Å². The van der Waals surface area contributed by atoms with Gasteiger partial charge in [-0.2, -0.15) is 0 Å². The monoisotopic (exact) mass is 579 g/mol. The van der Waals surface area contributed by atoms with Crippen LogP contribution in [0.1, 0.15) is 12.8 Å². The summed E-state index contributed by atoms with van der Waals surface area (Å²) in [5.41, 5.74) is 12.1. The van der Waals surface area contributed by atoms with E-state index in [1.54, 1.807) is 0 Å². The van der Waals surface area contributed by atoms with Gasteiger partial charge in [-0.05, 0) is 59.5 Å². The maximum atomic E-state index is 6.68. The molecule has 0 saturated heterocycles. The van der Waals surface area contributed by atoms with Crippen LogP contribution in [0.5, 0.6) is 11.5 Å². The zero-order valence-corrected chi connectivity index (χ0v) is 24.6. The highest BCUT2D eigenvalue weighted by molar-refractivity contribution is 6.97. The molecule has 0 aliphatic carbocycles. The molecule has 8 aromatic rings. The standard InChI is InChI=1S/C39H26BN3O2/c1-2-38-41-30-22-24(18-21-36(30)45-38)40-28-12-4-8-17-35(28)44-37-23-25(19-20-29(37)40)42-32-14-6-7-15-33(32)43-31-13-5-3-10-26(31)27-11-9-16-34(42)39(27)43/h3-23H,2H2,1H3. The molecule has 4 heterocycles. The molecule has 10 rings (SSSR count). The van der Waals surface area contributed by atoms with E-state index in [1.165, 1.54) is 27.3 Å². The van der Waals surface area contributed by atoms with Crippen molar-refractivity contribution in [1.82, 2.24) is 9.55 Å². The number of nitrogens with zero attached hydrogens (tertiary/aromatic N) is 3. The van der Waals surface area contributed by atoms with Gasteiger partial charge in [-0.25, -0.2) is 4.98 Å². The molecule has 0 amide bonds. The molecule has 212 valence electrons. The summed E-state index contributed by atoms with van der Waals surface area (Å²) >= 11 is 0. The molecule has 0 fully saturated rings. The minimum Gasteiger partial charge on any atom is -0.458 e. The fraction of sp³-hybridized carbons (Fsp3) is 0.0513. The fourth-order valence-electron chi connectivity index (χ4n) is 7.45. The van der Waals surface area contributed by atoms with E-state index in [2.05, 4.69) is 132 Å². The van der Waals surface area contributed by atoms with Crippen LogP contribution in [-0.4, -0.2) is 16.3 Å². The highest BCUT2D eigenvalue weighted by Crippen LogP contribution is 2.49. The Balaban J connectivity index is 1.18. The van der Waals surface area contributed by atoms with E-state index in [9.17, 15) is 0 Å². The lowest BCUT2D eigenvalue weighted by Crippen LogP contribution is -2.54. The normalized spacial score (nSPS) is 13.2. The van der Waals surface area contributed by atoms with E-state index in [0.29, 0.717) is 0 Å². The number of hydrogen-bond donors (Lipinski definition) is 0. The lowest BCUT2D eigenvalue weighted by atomic mass is 9.36. The number of rotatable bonds is 3. The van der Waals surface area contributed by atoms with Crippen molar-refractivity contribution in [2.45, 2.75) is 13.3 Å². The second-order valence-electron chi connectivity index (χ2n) is 11.8. The van der Waals surface area contributed by atoms with Crippen molar-refractivity contribution >= 4 is 73.1 Å². The molecular weight excluding hydrogens is 553 g/mol. The smallest absolute Gasteiger partial charge is 0.251 e. The van der Waals surface area contributed by atoms with Gasteiger partial charge in [0, 0.05) is 28.9 Å². The first-order valence-corrected chi connectivity index (χ1v) is 15.5. The summed E-state index contributed by atoms with van der Waals surface area (Å²) in [6.07, 6.45) is 0.768. The Bertz CT molecular complexity index is 2490. The number of para-hydroxylation sites is 5. The molecule has 6 aromatic carbocycles. The first-order chi connectivity index (χ1) is 22.3. The second kappa shape index (κ2) is 9.13. The van der Waals surface area contributed by atoms with Gasteiger partial charge in [0.1, 0.15) is 17.0 Å². The molecule has 0 N–H and O–H groups in total. The minimum atomic E-state index is 0.00443. The molecule has 0 bridgehead atoms. The topological polar surface area (TPSA) is 43.4 Å². The molecule has 0 atom stereocenters. The van der Waals surface area contributed by atoms with E-state index < -0.39 is 0 Å². The Hall–Kier alpha value is -5.75. The number of ether oxygens (including phenoxy) is 1. The lowest BCUT2D eigenvalue weighted by molar-refractivity contribution is 0.487. The third kappa shape index (κ3) is 3.42. The van der Waals surface area contributed by atoms with Crippen LogP contribution in [0, 0.1) is 0 Å². The highest BCUT2D eigenvalue weighted by atomic mass is 16.5. The zero-order valence-electron chi connectivity index (χ0n) is 24.6. The fourth-order valence-corrected chi connectivity index (χ4v) is 7.45. The molecule has 2 aliphatic rings. The molecule has 2 aliphatic heterocycles. The van der Waals surface area contributed by atoms with Crippen molar-refractivity contribution in [3.63, 3.8) is 0 Å². The van der Waals surface area contributed by atoms with Gasteiger partial charge in [-0.1, -0.05) is 85.2 Å². The van der Waals surface area contributed by atoms with Gasteiger partial charge in [-0.15, -0.1) is 0 Å². The van der Waals surface area contributed by atoms with Gasteiger partial charge in [0.05, 0.1) is 28.1 Å². The Kier molecular flexibility index (Phi) is 5.01. The Labute approximate surface area is 260 Å². The van der Waals surface area contributed by atoms with Crippen molar-refractivity contribution in [2.24, 2.45) is 0 Å². The van der Waals surface area contributed by atoms with Gasteiger partial charge < -0.3 is 18.6 Å².